The van der Waals surface area contributed by atoms with Crippen molar-refractivity contribution < 1.29 is 4.79 Å². The van der Waals surface area contributed by atoms with Gasteiger partial charge >= 0.3 is 0 Å². The van der Waals surface area contributed by atoms with E-state index in [1.165, 1.54) is 24.6 Å². The number of hydrogen-bond acceptors (Lipinski definition) is 6. The van der Waals surface area contributed by atoms with Crippen molar-refractivity contribution in [1.29, 1.82) is 0 Å². The van der Waals surface area contributed by atoms with Crippen LogP contribution >= 0.6 is 11.8 Å². The third-order valence-corrected chi connectivity index (χ3v) is 6.30. The van der Waals surface area contributed by atoms with Crippen molar-refractivity contribution in [3.05, 3.63) is 52.6 Å². The molecule has 2 aromatic heterocycles. The number of aryl methyl sites for hydroxylation is 1. The molecular formula is C18H22N6OS. The Bertz CT molecular complexity index is 829. The van der Waals surface area contributed by atoms with E-state index in [0.717, 1.165) is 35.8 Å². The van der Waals surface area contributed by atoms with Crippen LogP contribution in [-0.2, 0) is 17.9 Å². The zero-order valence-corrected chi connectivity index (χ0v) is 15.5. The van der Waals surface area contributed by atoms with E-state index in [9.17, 15) is 4.79 Å². The third-order valence-electron chi connectivity index (χ3n) is 4.84. The van der Waals surface area contributed by atoms with Crippen molar-refractivity contribution in [2.45, 2.75) is 44.6 Å². The minimum Gasteiger partial charge on any atom is -0.365 e. The quantitative estimate of drug-likeness (QED) is 0.805. The van der Waals surface area contributed by atoms with Crippen LogP contribution in [0.4, 0.5) is 0 Å². The summed E-state index contributed by atoms with van der Waals surface area (Å²) in [6.45, 7) is 3.47. The summed E-state index contributed by atoms with van der Waals surface area (Å²) in [7, 11) is 0. The highest BCUT2D eigenvalue weighted by molar-refractivity contribution is 8.04. The van der Waals surface area contributed by atoms with Crippen molar-refractivity contribution in [1.82, 2.24) is 24.9 Å². The molecule has 1 atom stereocenters. The van der Waals surface area contributed by atoms with Crippen LogP contribution in [0.25, 0.3) is 0 Å². The topological polar surface area (TPSA) is 89.9 Å². The minimum absolute atomic E-state index is 0.104. The molecule has 2 N–H and O–H groups in total. The molecule has 2 aliphatic rings. The van der Waals surface area contributed by atoms with Gasteiger partial charge in [0.2, 0.25) is 0 Å². The standard InChI is InChI=1S/C18H22N6OS/c1-12-16(17(19)25)26-18(24(12)10-14-3-2-7-20-9-14)15-11-23(22-21-15)8-6-13-4-5-13/h2-3,7,9,11,13,18H,4-6,8,10H2,1H3,(H2,19,25). The Morgan fingerprint density at radius 3 is 2.96 bits per heavy atom. The fourth-order valence-electron chi connectivity index (χ4n) is 3.17. The summed E-state index contributed by atoms with van der Waals surface area (Å²) < 4.78 is 1.91. The lowest BCUT2D eigenvalue weighted by Gasteiger charge is -2.26. The molecule has 136 valence electrons. The van der Waals surface area contributed by atoms with Crippen LogP contribution in [0.1, 0.15) is 42.8 Å². The second-order valence-corrected chi connectivity index (χ2v) is 7.97. The summed E-state index contributed by atoms with van der Waals surface area (Å²) in [5, 5.41) is 8.54. The van der Waals surface area contributed by atoms with Gasteiger partial charge in [-0.2, -0.15) is 0 Å². The van der Waals surface area contributed by atoms with Crippen LogP contribution in [0.3, 0.4) is 0 Å². The molecule has 4 rings (SSSR count). The summed E-state index contributed by atoms with van der Waals surface area (Å²) in [5.41, 5.74) is 8.38. The van der Waals surface area contributed by atoms with Gasteiger partial charge < -0.3 is 10.6 Å². The molecule has 1 fully saturated rings. The lowest BCUT2D eigenvalue weighted by Crippen LogP contribution is -2.22. The molecule has 8 heteroatoms. The maximum Gasteiger partial charge on any atom is 0.256 e. The summed E-state index contributed by atoms with van der Waals surface area (Å²) in [4.78, 5) is 18.8. The van der Waals surface area contributed by atoms with Crippen LogP contribution in [-0.4, -0.2) is 30.8 Å². The Morgan fingerprint density at radius 2 is 2.27 bits per heavy atom. The Labute approximate surface area is 156 Å². The van der Waals surface area contributed by atoms with Gasteiger partial charge in [-0.3, -0.25) is 14.5 Å². The van der Waals surface area contributed by atoms with Crippen LogP contribution in [0, 0.1) is 5.92 Å². The molecule has 0 radical (unpaired) electrons. The van der Waals surface area contributed by atoms with E-state index >= 15 is 0 Å². The molecule has 26 heavy (non-hydrogen) atoms. The summed E-state index contributed by atoms with van der Waals surface area (Å²) in [5.74, 6) is 0.461. The first-order chi connectivity index (χ1) is 12.6. The zero-order chi connectivity index (χ0) is 18.1. The average Bonchev–Trinajstić information content (AvgIpc) is 3.26. The normalized spacial score (nSPS) is 20.0. The summed E-state index contributed by atoms with van der Waals surface area (Å²) in [6, 6.07) is 3.94. The summed E-state index contributed by atoms with van der Waals surface area (Å²) in [6.07, 6.45) is 9.41. The number of pyridine rings is 1. The molecule has 2 aromatic rings. The second-order valence-electron chi connectivity index (χ2n) is 6.88. The van der Waals surface area contributed by atoms with Crippen molar-refractivity contribution in [2.24, 2.45) is 11.7 Å². The Morgan fingerprint density at radius 1 is 1.42 bits per heavy atom. The highest BCUT2D eigenvalue weighted by Crippen LogP contribution is 2.47. The Hall–Kier alpha value is -2.35. The zero-order valence-electron chi connectivity index (χ0n) is 14.7. The van der Waals surface area contributed by atoms with Crippen LogP contribution in [0.2, 0.25) is 0 Å². The Kier molecular flexibility index (Phi) is 4.67. The molecule has 0 saturated heterocycles. The summed E-state index contributed by atoms with van der Waals surface area (Å²) >= 11 is 1.45. The average molecular weight is 370 g/mol. The molecule has 7 nitrogen and oxygen atoms in total. The van der Waals surface area contributed by atoms with Crippen LogP contribution in [0.5, 0.6) is 0 Å². The van der Waals surface area contributed by atoms with E-state index < -0.39 is 5.91 Å². The maximum absolute atomic E-state index is 11.8. The van der Waals surface area contributed by atoms with Crippen LogP contribution < -0.4 is 5.73 Å². The predicted molar refractivity (Wildman–Crippen MR) is 99.4 cm³/mol. The van der Waals surface area contributed by atoms with Gasteiger partial charge in [-0.15, -0.1) is 5.10 Å². The number of hydrogen-bond donors (Lipinski definition) is 1. The molecular weight excluding hydrogens is 348 g/mol. The molecule has 1 amide bonds. The number of aromatic nitrogens is 4. The highest BCUT2D eigenvalue weighted by Gasteiger charge is 2.35. The number of allylic oxidation sites excluding steroid dienone is 1. The molecule has 0 aromatic carbocycles. The molecule has 1 saturated carbocycles. The van der Waals surface area contributed by atoms with E-state index in [-0.39, 0.29) is 5.37 Å². The first kappa shape index (κ1) is 17.1. The van der Waals surface area contributed by atoms with Gasteiger partial charge in [0.15, 0.2) is 0 Å². The van der Waals surface area contributed by atoms with E-state index in [4.69, 9.17) is 5.73 Å². The molecule has 1 unspecified atom stereocenters. The first-order valence-electron chi connectivity index (χ1n) is 8.84. The van der Waals surface area contributed by atoms with E-state index in [1.807, 2.05) is 36.1 Å². The van der Waals surface area contributed by atoms with Gasteiger partial charge in [0.1, 0.15) is 11.1 Å². The SMILES string of the molecule is CC1=C(C(N)=O)SC(c2cn(CCC3CC3)nn2)N1Cc1cccnc1. The number of thioether (sulfide) groups is 1. The lowest BCUT2D eigenvalue weighted by atomic mass is 10.2. The number of nitrogens with two attached hydrogens (primary N) is 1. The number of carbonyl (C=O) groups is 1. The largest absolute Gasteiger partial charge is 0.365 e. The van der Waals surface area contributed by atoms with E-state index in [1.54, 1.807) is 6.20 Å². The number of rotatable bonds is 7. The lowest BCUT2D eigenvalue weighted by molar-refractivity contribution is -0.114. The van der Waals surface area contributed by atoms with Gasteiger partial charge in [0.05, 0.1) is 11.1 Å². The molecule has 1 aliphatic heterocycles. The van der Waals surface area contributed by atoms with Gasteiger partial charge in [-0.1, -0.05) is 35.9 Å². The molecule has 0 spiro atoms. The number of carbonyl (C=O) groups excluding carboxylic acids is 1. The van der Waals surface area contributed by atoms with Gasteiger partial charge in [0.25, 0.3) is 5.91 Å². The smallest absolute Gasteiger partial charge is 0.256 e. The van der Waals surface area contributed by atoms with Crippen molar-refractivity contribution >= 4 is 17.7 Å². The number of amides is 1. The predicted octanol–water partition coefficient (Wildman–Crippen LogP) is 2.44. The fourth-order valence-corrected chi connectivity index (χ4v) is 4.39. The molecule has 0 bridgehead atoms. The van der Waals surface area contributed by atoms with Gasteiger partial charge in [-0.25, -0.2) is 0 Å². The van der Waals surface area contributed by atoms with Crippen molar-refractivity contribution in [3.8, 4) is 0 Å². The van der Waals surface area contributed by atoms with Gasteiger partial charge in [-0.05, 0) is 30.9 Å². The third kappa shape index (κ3) is 3.60. The molecule has 1 aliphatic carbocycles. The number of primary amides is 1. The van der Waals surface area contributed by atoms with Crippen LogP contribution in [0.15, 0.2) is 41.3 Å². The van der Waals surface area contributed by atoms with Crippen molar-refractivity contribution in [2.75, 3.05) is 0 Å². The Balaban J connectivity index is 1.55. The van der Waals surface area contributed by atoms with E-state index in [2.05, 4.69) is 20.2 Å². The minimum atomic E-state index is -0.396. The number of nitrogens with zero attached hydrogens (tertiary/aromatic N) is 5. The van der Waals surface area contributed by atoms with Gasteiger partial charge in [0, 0.05) is 31.2 Å². The van der Waals surface area contributed by atoms with Crippen molar-refractivity contribution in [3.63, 3.8) is 0 Å². The van der Waals surface area contributed by atoms with E-state index in [0.29, 0.717) is 11.4 Å². The monoisotopic (exact) mass is 370 g/mol. The second kappa shape index (κ2) is 7.11. The fraction of sp³-hybridized carbons (Fsp3) is 0.444. The highest BCUT2D eigenvalue weighted by atomic mass is 32.2. The molecule has 3 heterocycles. The maximum atomic E-state index is 11.8. The first-order valence-corrected chi connectivity index (χ1v) is 9.72.